The van der Waals surface area contributed by atoms with Crippen LogP contribution in [0.2, 0.25) is 0 Å². The van der Waals surface area contributed by atoms with Gasteiger partial charge in [-0.2, -0.15) is 0 Å². The monoisotopic (exact) mass is 191 g/mol. The van der Waals surface area contributed by atoms with Crippen molar-refractivity contribution in [3.8, 4) is 5.75 Å². The number of rotatable bonds is 3. The molecule has 0 aliphatic heterocycles. The summed E-state index contributed by atoms with van der Waals surface area (Å²) in [4.78, 5) is 10.9. The van der Waals surface area contributed by atoms with E-state index in [2.05, 4.69) is 4.74 Å². The zero-order chi connectivity index (χ0) is 10.4. The molecule has 0 spiro atoms. The molecule has 0 amide bonds. The van der Waals surface area contributed by atoms with Crippen molar-refractivity contribution in [3.05, 3.63) is 36.4 Å². The molecule has 3 nitrogen and oxygen atoms in total. The number of hydrogen-bond acceptors (Lipinski definition) is 3. The van der Waals surface area contributed by atoms with E-state index in [4.69, 9.17) is 11.3 Å². The van der Waals surface area contributed by atoms with E-state index in [0.717, 1.165) is 5.56 Å². The largest absolute Gasteiger partial charge is 0.513 e. The first-order chi connectivity index (χ1) is 6.76. The van der Waals surface area contributed by atoms with Crippen LogP contribution in [0.1, 0.15) is 12.5 Å². The minimum Gasteiger partial charge on any atom is -0.434 e. The van der Waals surface area contributed by atoms with Crippen molar-refractivity contribution >= 4 is 12.2 Å². The van der Waals surface area contributed by atoms with Crippen LogP contribution in [0.25, 0.3) is 6.08 Å². The number of hydrogen-bond donors (Lipinski definition) is 0. The third-order valence-electron chi connectivity index (χ3n) is 1.54. The molecule has 1 radical (unpaired) electrons. The second-order valence-electron chi connectivity index (χ2n) is 2.52. The Balaban J connectivity index is 2.59. The van der Waals surface area contributed by atoms with Crippen LogP contribution in [0.15, 0.2) is 24.3 Å². The minimum absolute atomic E-state index is 0.299. The summed E-state index contributed by atoms with van der Waals surface area (Å²) in [5, 5.41) is 0. The summed E-state index contributed by atoms with van der Waals surface area (Å²) in [5.41, 5.74) is 0.862. The van der Waals surface area contributed by atoms with Gasteiger partial charge in [-0.1, -0.05) is 24.8 Å². The predicted octanol–water partition coefficient (Wildman–Crippen LogP) is 2.67. The molecule has 0 saturated heterocycles. The Kier molecular flexibility index (Phi) is 3.73. The van der Waals surface area contributed by atoms with Crippen LogP contribution in [0.5, 0.6) is 5.75 Å². The third-order valence-corrected chi connectivity index (χ3v) is 1.54. The molecule has 1 rings (SSSR count). The Morgan fingerprint density at radius 3 is 2.57 bits per heavy atom. The van der Waals surface area contributed by atoms with Crippen LogP contribution < -0.4 is 4.74 Å². The van der Waals surface area contributed by atoms with Crippen molar-refractivity contribution in [3.63, 3.8) is 0 Å². The fourth-order valence-corrected chi connectivity index (χ4v) is 0.891. The highest BCUT2D eigenvalue weighted by molar-refractivity contribution is 5.64. The third kappa shape index (κ3) is 2.94. The molecule has 0 unspecified atom stereocenters. The second-order valence-corrected chi connectivity index (χ2v) is 2.52. The van der Waals surface area contributed by atoms with Crippen LogP contribution in [0.3, 0.4) is 0 Å². The first-order valence-corrected chi connectivity index (χ1v) is 4.26. The Morgan fingerprint density at radius 2 is 2.07 bits per heavy atom. The molecule has 0 heterocycles. The van der Waals surface area contributed by atoms with E-state index in [-0.39, 0.29) is 0 Å². The van der Waals surface area contributed by atoms with Crippen molar-refractivity contribution in [1.29, 1.82) is 0 Å². The van der Waals surface area contributed by atoms with Crippen molar-refractivity contribution in [2.75, 3.05) is 6.61 Å². The molecular formula is C11H11O3. The highest BCUT2D eigenvalue weighted by atomic mass is 16.7. The second kappa shape index (κ2) is 5.07. The zero-order valence-electron chi connectivity index (χ0n) is 7.90. The van der Waals surface area contributed by atoms with Crippen molar-refractivity contribution in [2.24, 2.45) is 0 Å². The van der Waals surface area contributed by atoms with Gasteiger partial charge in [0.1, 0.15) is 5.75 Å². The molecule has 73 valence electrons. The Bertz CT molecular complexity index is 314. The van der Waals surface area contributed by atoms with Crippen LogP contribution in [0.4, 0.5) is 4.79 Å². The maximum absolute atomic E-state index is 10.9. The van der Waals surface area contributed by atoms with Gasteiger partial charge < -0.3 is 9.47 Å². The Morgan fingerprint density at radius 1 is 1.43 bits per heavy atom. The summed E-state index contributed by atoms with van der Waals surface area (Å²) in [6, 6.07) is 6.79. The summed E-state index contributed by atoms with van der Waals surface area (Å²) in [6.07, 6.45) is 0.769. The molecule has 0 atom stereocenters. The lowest BCUT2D eigenvalue weighted by molar-refractivity contribution is 0.104. The normalized spacial score (nSPS) is 9.21. The van der Waals surface area contributed by atoms with Gasteiger partial charge in [0.05, 0.1) is 6.61 Å². The lowest BCUT2D eigenvalue weighted by Crippen LogP contribution is -2.09. The summed E-state index contributed by atoms with van der Waals surface area (Å²) in [7, 11) is 0. The van der Waals surface area contributed by atoms with E-state index in [9.17, 15) is 4.79 Å². The fourth-order valence-electron chi connectivity index (χ4n) is 0.891. The van der Waals surface area contributed by atoms with Gasteiger partial charge in [-0.3, -0.25) is 0 Å². The van der Waals surface area contributed by atoms with Gasteiger partial charge in [0.2, 0.25) is 0 Å². The summed E-state index contributed by atoms with van der Waals surface area (Å²) >= 11 is 0. The maximum atomic E-state index is 10.9. The lowest BCUT2D eigenvalue weighted by atomic mass is 10.2. The van der Waals surface area contributed by atoms with Gasteiger partial charge in [0, 0.05) is 0 Å². The summed E-state index contributed by atoms with van der Waals surface area (Å²) < 4.78 is 9.45. The molecule has 0 N–H and O–H groups in total. The Labute approximate surface area is 83.0 Å². The van der Waals surface area contributed by atoms with Crippen molar-refractivity contribution < 1.29 is 14.3 Å². The van der Waals surface area contributed by atoms with Gasteiger partial charge in [-0.15, -0.1) is 0 Å². The molecule has 14 heavy (non-hydrogen) atoms. The summed E-state index contributed by atoms with van der Waals surface area (Å²) in [5.74, 6) is 0.439. The molecule has 1 aromatic rings. The van der Waals surface area contributed by atoms with Gasteiger partial charge in [-0.05, 0) is 24.6 Å². The van der Waals surface area contributed by atoms with E-state index in [0.29, 0.717) is 12.4 Å². The smallest absolute Gasteiger partial charge is 0.434 e. The van der Waals surface area contributed by atoms with Gasteiger partial charge in [0.15, 0.2) is 0 Å². The zero-order valence-corrected chi connectivity index (χ0v) is 7.90. The molecule has 0 bridgehead atoms. The molecule has 0 aromatic heterocycles. The molecule has 1 aromatic carbocycles. The molecule has 0 aliphatic rings. The standard InChI is InChI=1S/C11H11O3/c1-3-9-5-7-10(8-6-9)14-11(12)13-4-2/h1,3,5-8H,4H2,2H3. The first kappa shape index (κ1) is 10.3. The SMILES string of the molecule is [CH]=Cc1ccc(OC(=O)OCC)cc1. The van der Waals surface area contributed by atoms with Crippen LogP contribution in [-0.2, 0) is 4.74 Å². The Hall–Kier alpha value is -1.77. The molecule has 0 saturated carbocycles. The van der Waals surface area contributed by atoms with E-state index in [1.165, 1.54) is 6.08 Å². The minimum atomic E-state index is -0.697. The lowest BCUT2D eigenvalue weighted by Gasteiger charge is -2.03. The van der Waals surface area contributed by atoms with Crippen LogP contribution in [-0.4, -0.2) is 12.8 Å². The average molecular weight is 191 g/mol. The number of carbonyl (C=O) groups excluding carboxylic acids is 1. The van der Waals surface area contributed by atoms with E-state index < -0.39 is 6.16 Å². The highest BCUT2D eigenvalue weighted by Crippen LogP contribution is 2.13. The molecule has 0 aliphatic carbocycles. The molecular weight excluding hydrogens is 180 g/mol. The fraction of sp³-hybridized carbons (Fsp3) is 0.182. The van der Waals surface area contributed by atoms with Crippen LogP contribution >= 0.6 is 0 Å². The number of carbonyl (C=O) groups is 1. The quantitative estimate of drug-likeness (QED) is 0.544. The topological polar surface area (TPSA) is 35.5 Å². The van der Waals surface area contributed by atoms with Crippen molar-refractivity contribution in [2.45, 2.75) is 6.92 Å². The summed E-state index contributed by atoms with van der Waals surface area (Å²) in [6.45, 7) is 7.31. The number of ether oxygens (including phenoxy) is 2. The average Bonchev–Trinajstić information content (AvgIpc) is 2.19. The van der Waals surface area contributed by atoms with E-state index >= 15 is 0 Å². The van der Waals surface area contributed by atoms with Gasteiger partial charge >= 0.3 is 6.16 Å². The van der Waals surface area contributed by atoms with Gasteiger partial charge in [0.25, 0.3) is 0 Å². The first-order valence-electron chi connectivity index (χ1n) is 4.26. The maximum Gasteiger partial charge on any atom is 0.513 e. The molecule has 3 heteroatoms. The van der Waals surface area contributed by atoms with Gasteiger partial charge in [-0.25, -0.2) is 4.79 Å². The van der Waals surface area contributed by atoms with E-state index in [1.807, 2.05) is 0 Å². The van der Waals surface area contributed by atoms with Crippen molar-refractivity contribution in [1.82, 2.24) is 0 Å². The van der Waals surface area contributed by atoms with Crippen LogP contribution in [0, 0.1) is 6.58 Å². The molecule has 0 fully saturated rings. The van der Waals surface area contributed by atoms with E-state index in [1.54, 1.807) is 31.2 Å². The number of benzene rings is 1. The highest BCUT2D eigenvalue weighted by Gasteiger charge is 2.03. The predicted molar refractivity (Wildman–Crippen MR) is 52.9 cm³/mol.